The molecule has 3 rings (SSSR count). The van der Waals surface area contributed by atoms with Crippen LogP contribution in [-0.4, -0.2) is 22.0 Å². The number of anilines is 1. The van der Waals surface area contributed by atoms with Crippen LogP contribution in [-0.2, 0) is 0 Å². The third-order valence-corrected chi connectivity index (χ3v) is 5.73. The van der Waals surface area contributed by atoms with Crippen molar-refractivity contribution in [1.82, 2.24) is 15.0 Å². The minimum atomic E-state index is -0.318. The maximum atomic E-state index is 14.6. The second-order valence-electron chi connectivity index (χ2n) is 7.99. The molecule has 0 saturated heterocycles. The molecule has 0 radical (unpaired) electrons. The summed E-state index contributed by atoms with van der Waals surface area (Å²) in [4.78, 5) is 12.8. The summed E-state index contributed by atoms with van der Waals surface area (Å²) in [6, 6.07) is 8.64. The SMILES string of the molecule is C=C/C=C(C)\C(=C/C)c1cc(C(=C)c2nc(/C(=C\C=C)c3ccccc3F)c(C)[nH]2)c(NC)cn1. The fourth-order valence-corrected chi connectivity index (χ4v) is 3.98. The average molecular weight is 467 g/mol. The zero-order valence-corrected chi connectivity index (χ0v) is 20.7. The van der Waals surface area contributed by atoms with Crippen LogP contribution in [0.25, 0.3) is 16.7 Å². The van der Waals surface area contributed by atoms with E-state index in [1.54, 1.807) is 42.6 Å². The predicted molar refractivity (Wildman–Crippen MR) is 147 cm³/mol. The van der Waals surface area contributed by atoms with Crippen LogP contribution < -0.4 is 5.32 Å². The molecule has 0 atom stereocenters. The highest BCUT2D eigenvalue weighted by Crippen LogP contribution is 2.33. The summed E-state index contributed by atoms with van der Waals surface area (Å²) in [6.45, 7) is 17.8. The highest BCUT2D eigenvalue weighted by atomic mass is 19.1. The number of rotatable bonds is 9. The average Bonchev–Trinajstić information content (AvgIpc) is 3.24. The molecule has 35 heavy (non-hydrogen) atoms. The smallest absolute Gasteiger partial charge is 0.138 e. The number of allylic oxidation sites excluding steroid dienone is 7. The second-order valence-corrected chi connectivity index (χ2v) is 7.99. The van der Waals surface area contributed by atoms with E-state index in [1.807, 2.05) is 46.0 Å². The van der Waals surface area contributed by atoms with Crippen LogP contribution in [0, 0.1) is 12.7 Å². The largest absolute Gasteiger partial charge is 0.386 e. The molecule has 2 heterocycles. The molecule has 2 N–H and O–H groups in total. The fraction of sp³-hybridized carbons (Fsp3) is 0.133. The Morgan fingerprint density at radius 3 is 2.46 bits per heavy atom. The zero-order valence-electron chi connectivity index (χ0n) is 20.7. The van der Waals surface area contributed by atoms with Crippen molar-refractivity contribution in [3.05, 3.63) is 132 Å². The van der Waals surface area contributed by atoms with Gasteiger partial charge in [-0.25, -0.2) is 9.37 Å². The first-order valence-corrected chi connectivity index (χ1v) is 11.3. The Morgan fingerprint density at radius 2 is 1.83 bits per heavy atom. The van der Waals surface area contributed by atoms with Crippen LogP contribution in [0.1, 0.15) is 47.9 Å². The molecule has 3 aromatic rings. The van der Waals surface area contributed by atoms with Gasteiger partial charge in [-0.2, -0.15) is 0 Å². The summed E-state index contributed by atoms with van der Waals surface area (Å²) in [7, 11) is 1.84. The van der Waals surface area contributed by atoms with Crippen molar-refractivity contribution in [2.75, 3.05) is 12.4 Å². The lowest BCUT2D eigenvalue weighted by molar-refractivity contribution is 0.624. The molecule has 0 bridgehead atoms. The lowest BCUT2D eigenvalue weighted by Crippen LogP contribution is -2.01. The molecule has 0 aliphatic rings. The minimum absolute atomic E-state index is 0.318. The van der Waals surface area contributed by atoms with Crippen LogP contribution in [0.5, 0.6) is 0 Å². The summed E-state index contributed by atoms with van der Waals surface area (Å²) in [5, 5.41) is 3.19. The third-order valence-electron chi connectivity index (χ3n) is 5.73. The number of aromatic amines is 1. The van der Waals surface area contributed by atoms with Crippen LogP contribution in [0.4, 0.5) is 10.1 Å². The van der Waals surface area contributed by atoms with Crippen molar-refractivity contribution in [3.63, 3.8) is 0 Å². The number of imidazole rings is 1. The summed E-state index contributed by atoms with van der Waals surface area (Å²) in [5.41, 5.74) is 7.83. The Kier molecular flexibility index (Phi) is 8.16. The summed E-state index contributed by atoms with van der Waals surface area (Å²) < 4.78 is 14.6. The third kappa shape index (κ3) is 5.30. The highest BCUT2D eigenvalue weighted by molar-refractivity contribution is 5.87. The van der Waals surface area contributed by atoms with E-state index in [4.69, 9.17) is 4.98 Å². The maximum Gasteiger partial charge on any atom is 0.138 e. The van der Waals surface area contributed by atoms with Gasteiger partial charge in [0, 0.05) is 35.0 Å². The molecule has 0 amide bonds. The van der Waals surface area contributed by atoms with Crippen molar-refractivity contribution >= 4 is 22.4 Å². The van der Waals surface area contributed by atoms with Gasteiger partial charge in [0.05, 0.1) is 23.3 Å². The van der Waals surface area contributed by atoms with Gasteiger partial charge < -0.3 is 10.3 Å². The van der Waals surface area contributed by atoms with E-state index in [0.717, 1.165) is 33.8 Å². The molecule has 4 nitrogen and oxygen atoms in total. The molecular formula is C30H31FN4. The quantitative estimate of drug-likeness (QED) is 0.321. The van der Waals surface area contributed by atoms with Gasteiger partial charge >= 0.3 is 0 Å². The number of hydrogen-bond donors (Lipinski definition) is 2. The van der Waals surface area contributed by atoms with E-state index in [2.05, 4.69) is 35.0 Å². The van der Waals surface area contributed by atoms with E-state index >= 15 is 0 Å². The lowest BCUT2D eigenvalue weighted by Gasteiger charge is -2.14. The Morgan fingerprint density at radius 1 is 1.11 bits per heavy atom. The summed E-state index contributed by atoms with van der Waals surface area (Å²) in [5.74, 6) is 0.277. The summed E-state index contributed by atoms with van der Waals surface area (Å²) >= 11 is 0. The monoisotopic (exact) mass is 466 g/mol. The number of H-pyrrole nitrogens is 1. The van der Waals surface area contributed by atoms with Gasteiger partial charge in [-0.05, 0) is 44.1 Å². The molecule has 2 aromatic heterocycles. The van der Waals surface area contributed by atoms with Gasteiger partial charge in [0.2, 0.25) is 0 Å². The van der Waals surface area contributed by atoms with Gasteiger partial charge in [-0.15, -0.1) is 0 Å². The molecule has 0 saturated carbocycles. The first kappa shape index (κ1) is 25.4. The van der Waals surface area contributed by atoms with Crippen LogP contribution in [0.15, 0.2) is 92.2 Å². The number of aryl methyl sites for hydroxylation is 1. The van der Waals surface area contributed by atoms with Crippen molar-refractivity contribution < 1.29 is 4.39 Å². The van der Waals surface area contributed by atoms with Crippen LogP contribution >= 0.6 is 0 Å². The first-order valence-electron chi connectivity index (χ1n) is 11.3. The van der Waals surface area contributed by atoms with E-state index in [9.17, 15) is 4.39 Å². The number of aromatic nitrogens is 3. The van der Waals surface area contributed by atoms with Gasteiger partial charge in [0.25, 0.3) is 0 Å². The Balaban J connectivity index is 2.11. The minimum Gasteiger partial charge on any atom is -0.386 e. The maximum absolute atomic E-state index is 14.6. The van der Waals surface area contributed by atoms with Crippen molar-refractivity contribution in [3.8, 4) is 0 Å². The van der Waals surface area contributed by atoms with E-state index in [0.29, 0.717) is 28.2 Å². The zero-order chi connectivity index (χ0) is 25.5. The van der Waals surface area contributed by atoms with Crippen molar-refractivity contribution in [2.45, 2.75) is 20.8 Å². The molecular weight excluding hydrogens is 435 g/mol. The number of hydrogen-bond acceptors (Lipinski definition) is 3. The van der Waals surface area contributed by atoms with Crippen LogP contribution in [0.2, 0.25) is 0 Å². The molecule has 0 aliphatic carbocycles. The van der Waals surface area contributed by atoms with Gasteiger partial charge in [-0.1, -0.05) is 68.3 Å². The molecule has 1 aromatic carbocycles. The standard InChI is InChI=1S/C30H31FN4/c1-8-13-19(4)22(10-3)27-17-25(28(32-7)18-33-27)20(5)30-34-21(6)29(35-30)24(14-9-2)23-15-11-12-16-26(23)31/h8-18,32H,1-2,5H2,3-4,6-7H3,(H,34,35)/b19-13-,22-10+,24-14-. The van der Waals surface area contributed by atoms with Crippen molar-refractivity contribution in [2.24, 2.45) is 0 Å². The Bertz CT molecular complexity index is 1370. The summed E-state index contributed by atoms with van der Waals surface area (Å²) in [6.07, 6.45) is 10.9. The van der Waals surface area contributed by atoms with E-state index < -0.39 is 0 Å². The fourth-order valence-electron chi connectivity index (χ4n) is 3.98. The molecule has 0 unspecified atom stereocenters. The molecule has 5 heteroatoms. The molecule has 0 fully saturated rings. The lowest BCUT2D eigenvalue weighted by atomic mass is 9.98. The number of nitrogens with zero attached hydrogens (tertiary/aromatic N) is 2. The second kappa shape index (κ2) is 11.3. The van der Waals surface area contributed by atoms with Gasteiger partial charge in [0.15, 0.2) is 0 Å². The highest BCUT2D eigenvalue weighted by Gasteiger charge is 2.19. The van der Waals surface area contributed by atoms with E-state index in [1.165, 1.54) is 6.07 Å². The topological polar surface area (TPSA) is 53.6 Å². The van der Waals surface area contributed by atoms with Crippen LogP contribution in [0.3, 0.4) is 0 Å². The predicted octanol–water partition coefficient (Wildman–Crippen LogP) is 7.51. The molecule has 0 aliphatic heterocycles. The van der Waals surface area contributed by atoms with Crippen molar-refractivity contribution in [1.29, 1.82) is 0 Å². The number of pyridine rings is 1. The number of halogens is 1. The van der Waals surface area contributed by atoms with E-state index in [-0.39, 0.29) is 5.82 Å². The number of nitrogens with one attached hydrogen (secondary N) is 2. The first-order chi connectivity index (χ1) is 16.9. The molecule has 178 valence electrons. The number of benzene rings is 1. The van der Waals surface area contributed by atoms with Gasteiger partial charge in [-0.3, -0.25) is 4.98 Å². The Hall–Kier alpha value is -4.25. The van der Waals surface area contributed by atoms with Gasteiger partial charge in [0.1, 0.15) is 11.6 Å². The Labute approximate surface area is 207 Å². The normalized spacial score (nSPS) is 12.4. The molecule has 0 spiro atoms.